The lowest BCUT2D eigenvalue weighted by Gasteiger charge is -2.19. The van der Waals surface area contributed by atoms with Crippen LogP contribution in [0.2, 0.25) is 0 Å². The first-order valence-electron chi connectivity index (χ1n) is 12.5. The molecule has 0 spiro atoms. The minimum Gasteiger partial charge on any atom is -0.399 e. The molecule has 0 aliphatic heterocycles. The molecule has 0 heterocycles. The number of amides is 5. The minimum absolute atomic E-state index is 0.0286. The topological polar surface area (TPSA) is 168 Å². The highest BCUT2D eigenvalue weighted by atomic mass is 32.1. The number of unbranched alkanes of at least 4 members (excludes halogenated alkanes) is 2. The molecule has 0 fully saturated rings. The van der Waals surface area contributed by atoms with Gasteiger partial charge in [-0.3, -0.25) is 14.4 Å². The second kappa shape index (κ2) is 18.3. The number of thiol groups is 1. The van der Waals surface area contributed by atoms with Crippen LogP contribution in [0, 0.1) is 0 Å². The van der Waals surface area contributed by atoms with Gasteiger partial charge in [0, 0.05) is 50.3 Å². The highest BCUT2D eigenvalue weighted by Crippen LogP contribution is 2.14. The Morgan fingerprint density at radius 1 is 0.861 bits per heavy atom. The Bertz CT molecular complexity index is 821. The lowest BCUT2D eigenvalue weighted by molar-refractivity contribution is -0.129. The highest BCUT2D eigenvalue weighted by Gasteiger charge is 2.21. The largest absolute Gasteiger partial charge is 0.399 e. The molecule has 2 unspecified atom stereocenters. The molecule has 0 saturated heterocycles. The number of hydrogen-bond donors (Lipinski definition) is 7. The predicted octanol–water partition coefficient (Wildman–Crippen LogP) is 1.64. The van der Waals surface area contributed by atoms with Crippen molar-refractivity contribution in [3.8, 4) is 0 Å². The maximum absolute atomic E-state index is 12.8. The van der Waals surface area contributed by atoms with E-state index < -0.39 is 12.1 Å². The average Bonchev–Trinajstić information content (AvgIpc) is 2.84. The molecule has 5 amide bonds. The molecule has 0 bridgehead atoms. The first-order valence-corrected chi connectivity index (χ1v) is 13.1. The van der Waals surface area contributed by atoms with E-state index in [-0.39, 0.29) is 23.0 Å². The Morgan fingerprint density at radius 2 is 1.47 bits per heavy atom. The second-order valence-corrected chi connectivity index (χ2v) is 9.55. The van der Waals surface area contributed by atoms with Crippen molar-refractivity contribution in [2.75, 3.05) is 25.9 Å². The van der Waals surface area contributed by atoms with Crippen LogP contribution >= 0.6 is 12.6 Å². The summed E-state index contributed by atoms with van der Waals surface area (Å²) < 4.78 is 0. The van der Waals surface area contributed by atoms with E-state index in [4.69, 9.17) is 11.5 Å². The van der Waals surface area contributed by atoms with Crippen molar-refractivity contribution in [3.05, 3.63) is 29.8 Å². The van der Waals surface area contributed by atoms with Gasteiger partial charge in [-0.1, -0.05) is 18.6 Å². The average molecular weight is 523 g/mol. The van der Waals surface area contributed by atoms with Crippen molar-refractivity contribution < 1.29 is 19.2 Å². The summed E-state index contributed by atoms with van der Waals surface area (Å²) in [5, 5.41) is 11.1. The third-order valence-electron chi connectivity index (χ3n) is 5.68. The number of urea groups is 1. The molecule has 0 aromatic heterocycles. The van der Waals surface area contributed by atoms with Gasteiger partial charge >= 0.3 is 6.03 Å². The molecule has 1 aromatic carbocycles. The minimum atomic E-state index is -0.699. The van der Waals surface area contributed by atoms with Crippen molar-refractivity contribution in [3.63, 3.8) is 0 Å². The van der Waals surface area contributed by atoms with Crippen LogP contribution in [0.1, 0.15) is 63.4 Å². The molecule has 1 aromatic rings. The van der Waals surface area contributed by atoms with E-state index in [1.165, 1.54) is 0 Å². The fourth-order valence-corrected chi connectivity index (χ4v) is 3.96. The van der Waals surface area contributed by atoms with E-state index in [0.29, 0.717) is 57.3 Å². The third-order valence-corrected chi connectivity index (χ3v) is 6.20. The molecule has 36 heavy (non-hydrogen) atoms. The van der Waals surface area contributed by atoms with Gasteiger partial charge in [-0.05, 0) is 56.2 Å². The first-order chi connectivity index (χ1) is 17.2. The number of carbonyl (C=O) groups is 4. The van der Waals surface area contributed by atoms with Crippen molar-refractivity contribution in [1.29, 1.82) is 0 Å². The van der Waals surface area contributed by atoms with Crippen molar-refractivity contribution >= 4 is 42.1 Å². The zero-order valence-electron chi connectivity index (χ0n) is 21.2. The molecule has 0 saturated carbocycles. The molecule has 10 nitrogen and oxygen atoms in total. The van der Waals surface area contributed by atoms with Crippen molar-refractivity contribution in [2.24, 2.45) is 5.73 Å². The van der Waals surface area contributed by atoms with E-state index in [0.717, 1.165) is 31.2 Å². The van der Waals surface area contributed by atoms with Gasteiger partial charge in [-0.15, -0.1) is 0 Å². The Labute approximate surface area is 219 Å². The van der Waals surface area contributed by atoms with Gasteiger partial charge in [0.25, 0.3) is 0 Å². The lowest BCUT2D eigenvalue weighted by Crippen LogP contribution is -2.48. The van der Waals surface area contributed by atoms with Crippen LogP contribution in [-0.4, -0.2) is 55.2 Å². The second-order valence-electron chi connectivity index (χ2n) is 8.82. The van der Waals surface area contributed by atoms with Gasteiger partial charge in [-0.25, -0.2) is 4.79 Å². The quantitative estimate of drug-likeness (QED) is 0.0882. The molecular weight excluding hydrogens is 480 g/mol. The van der Waals surface area contributed by atoms with Crippen LogP contribution in [-0.2, 0) is 20.8 Å². The summed E-state index contributed by atoms with van der Waals surface area (Å²) in [5.41, 5.74) is 12.3. The Morgan fingerprint density at radius 3 is 2.14 bits per heavy atom. The summed E-state index contributed by atoms with van der Waals surface area (Å²) >= 11 is 4.56. The lowest BCUT2D eigenvalue weighted by atomic mass is 10.0. The van der Waals surface area contributed by atoms with E-state index in [1.54, 1.807) is 19.2 Å². The number of rotatable bonds is 18. The standard InChI is InChI=1S/C25H42N6O4S/c1-28-22(32)9-4-5-15-29-24(34)21(17-18-11-13-19(26)14-12-18)31-23(33)10-3-2-7-20(36)8-6-16-30-25(27)35/h11-14,20-21,36H,2-10,15-17,26H2,1H3,(H,28,32)(H,29,34)(H,31,33)(H3,27,30,35). The summed E-state index contributed by atoms with van der Waals surface area (Å²) in [6, 6.07) is 6.00. The number of hydrogen-bond acceptors (Lipinski definition) is 6. The molecule has 0 aliphatic carbocycles. The maximum atomic E-state index is 12.8. The summed E-state index contributed by atoms with van der Waals surface area (Å²) in [5.74, 6) is -0.453. The predicted molar refractivity (Wildman–Crippen MR) is 145 cm³/mol. The molecular formula is C25H42N6O4S. The van der Waals surface area contributed by atoms with Gasteiger partial charge in [0.15, 0.2) is 0 Å². The molecule has 2 atom stereocenters. The van der Waals surface area contributed by atoms with Crippen molar-refractivity contribution in [2.45, 2.75) is 75.5 Å². The van der Waals surface area contributed by atoms with Gasteiger partial charge in [0.2, 0.25) is 17.7 Å². The number of carbonyl (C=O) groups excluding carboxylic acids is 4. The monoisotopic (exact) mass is 522 g/mol. The van der Waals surface area contributed by atoms with Gasteiger partial charge in [0.05, 0.1) is 0 Å². The summed E-state index contributed by atoms with van der Waals surface area (Å²) in [7, 11) is 1.60. The number of nitrogens with two attached hydrogens (primary N) is 2. The summed E-state index contributed by atoms with van der Waals surface area (Å²) in [6.45, 7) is 0.961. The smallest absolute Gasteiger partial charge is 0.312 e. The fraction of sp³-hybridized carbons (Fsp3) is 0.600. The summed E-state index contributed by atoms with van der Waals surface area (Å²) in [6.07, 6.45) is 6.47. The normalized spacial score (nSPS) is 12.3. The number of benzene rings is 1. The van der Waals surface area contributed by atoms with Crippen LogP contribution in [0.5, 0.6) is 0 Å². The van der Waals surface area contributed by atoms with E-state index in [9.17, 15) is 19.2 Å². The molecule has 8 N–H and O–H groups in total. The van der Waals surface area contributed by atoms with Gasteiger partial charge in [-0.2, -0.15) is 12.6 Å². The Hall–Kier alpha value is -2.95. The number of nitrogens with one attached hydrogen (secondary N) is 4. The number of nitrogen functional groups attached to an aromatic ring is 1. The van der Waals surface area contributed by atoms with E-state index >= 15 is 0 Å². The SMILES string of the molecule is CNC(=O)CCCCNC(=O)C(Cc1ccc(N)cc1)NC(=O)CCCCC(S)CCCNC(N)=O. The molecule has 0 radical (unpaired) electrons. The number of anilines is 1. The van der Waals surface area contributed by atoms with Crippen LogP contribution in [0.15, 0.2) is 24.3 Å². The highest BCUT2D eigenvalue weighted by molar-refractivity contribution is 7.80. The maximum Gasteiger partial charge on any atom is 0.312 e. The van der Waals surface area contributed by atoms with E-state index in [1.807, 2.05) is 12.1 Å². The van der Waals surface area contributed by atoms with Crippen LogP contribution < -0.4 is 32.7 Å². The molecule has 1 rings (SSSR count). The Kier molecular flexibility index (Phi) is 15.8. The third kappa shape index (κ3) is 15.1. The van der Waals surface area contributed by atoms with Crippen LogP contribution in [0.25, 0.3) is 0 Å². The Balaban J connectivity index is 2.46. The van der Waals surface area contributed by atoms with E-state index in [2.05, 4.69) is 33.9 Å². The number of primary amides is 1. The molecule has 202 valence electrons. The van der Waals surface area contributed by atoms with Crippen LogP contribution in [0.3, 0.4) is 0 Å². The van der Waals surface area contributed by atoms with Gasteiger partial charge < -0.3 is 32.7 Å². The van der Waals surface area contributed by atoms with Crippen molar-refractivity contribution in [1.82, 2.24) is 21.3 Å². The first kappa shape index (κ1) is 31.1. The fourth-order valence-electron chi connectivity index (χ4n) is 3.59. The zero-order valence-corrected chi connectivity index (χ0v) is 22.1. The summed E-state index contributed by atoms with van der Waals surface area (Å²) in [4.78, 5) is 47.4. The van der Waals surface area contributed by atoms with Crippen LogP contribution in [0.4, 0.5) is 10.5 Å². The molecule has 0 aliphatic rings. The molecule has 11 heteroatoms. The van der Waals surface area contributed by atoms with Gasteiger partial charge in [0.1, 0.15) is 6.04 Å². The zero-order chi connectivity index (χ0) is 26.8.